The Hall–Kier alpha value is -6.18. The second-order valence-corrected chi connectivity index (χ2v) is 15.1. The van der Waals surface area contributed by atoms with E-state index in [0.29, 0.717) is 16.8 Å². The van der Waals surface area contributed by atoms with E-state index >= 15 is 0 Å². The molecule has 0 amide bonds. The topological polar surface area (TPSA) is 3.24 Å². The Morgan fingerprint density at radius 3 is 1.85 bits per heavy atom. The van der Waals surface area contributed by atoms with E-state index in [1.54, 1.807) is 0 Å². The molecule has 1 nitrogen and oxygen atoms in total. The van der Waals surface area contributed by atoms with E-state index in [1.807, 2.05) is 103 Å². The molecule has 8 aromatic carbocycles. The van der Waals surface area contributed by atoms with E-state index in [4.69, 9.17) is 0 Å². The Labute approximate surface area is 324 Å². The van der Waals surface area contributed by atoms with Crippen LogP contribution in [0.1, 0.15) is 60.9 Å². The standard InChI is InChI=1S/C52H41N/c1-51(2)47-24-9-7-19-43(47)45-31-30-39(33-49(45)51)53(38-17-11-16-36(32-38)41-21-12-15-34-14-5-6-18-40(34)41)37-28-26-35(27-29-37)42-22-13-23-46-44-20-8-10-25-48(44)52(3,4)50(42)46/h5-33H,1-4H3/i11D,16D,17D,26D,27D,28D,29D,32D. The minimum atomic E-state index is -0.494. The summed E-state index contributed by atoms with van der Waals surface area (Å²) < 4.78 is 77.0. The maximum absolute atomic E-state index is 9.94. The van der Waals surface area contributed by atoms with E-state index in [-0.39, 0.29) is 58.8 Å². The third kappa shape index (κ3) is 4.77. The van der Waals surface area contributed by atoms with E-state index in [9.17, 15) is 11.0 Å². The monoisotopic (exact) mass is 687 g/mol. The summed E-state index contributed by atoms with van der Waals surface area (Å²) in [7, 11) is 0. The van der Waals surface area contributed by atoms with Crippen molar-refractivity contribution in [2.45, 2.75) is 38.5 Å². The van der Waals surface area contributed by atoms with Crippen LogP contribution in [0.3, 0.4) is 0 Å². The molecular weight excluding hydrogens is 639 g/mol. The third-order valence-corrected chi connectivity index (χ3v) is 11.4. The molecular formula is C52H41N. The molecule has 0 fully saturated rings. The predicted octanol–water partition coefficient (Wildman–Crippen LogP) is 14.3. The lowest BCUT2D eigenvalue weighted by molar-refractivity contribution is 0.660. The van der Waals surface area contributed by atoms with Crippen molar-refractivity contribution in [2.24, 2.45) is 0 Å². The van der Waals surface area contributed by atoms with Gasteiger partial charge in [-0.05, 0) is 114 Å². The van der Waals surface area contributed by atoms with Crippen LogP contribution >= 0.6 is 0 Å². The molecule has 0 unspecified atom stereocenters. The second kappa shape index (κ2) is 11.7. The highest BCUT2D eigenvalue weighted by atomic mass is 15.1. The zero-order valence-electron chi connectivity index (χ0n) is 38.1. The van der Waals surface area contributed by atoms with Gasteiger partial charge in [-0.15, -0.1) is 0 Å². The molecule has 0 radical (unpaired) electrons. The molecule has 0 bridgehead atoms. The van der Waals surface area contributed by atoms with Gasteiger partial charge in [-0.2, -0.15) is 0 Å². The number of anilines is 3. The first-order valence-electron chi connectivity index (χ1n) is 22.1. The molecule has 0 saturated carbocycles. The fourth-order valence-electron chi connectivity index (χ4n) is 8.83. The Morgan fingerprint density at radius 1 is 0.434 bits per heavy atom. The molecule has 0 atom stereocenters. The summed E-state index contributed by atoms with van der Waals surface area (Å²) in [6.07, 6.45) is 0. The summed E-state index contributed by atoms with van der Waals surface area (Å²) in [5.74, 6) is 0. The van der Waals surface area contributed by atoms with Crippen molar-refractivity contribution in [3.05, 3.63) is 198 Å². The van der Waals surface area contributed by atoms with E-state index in [2.05, 4.69) is 52.0 Å². The summed E-state index contributed by atoms with van der Waals surface area (Å²) in [4.78, 5) is 1.47. The molecule has 0 saturated heterocycles. The van der Waals surface area contributed by atoms with Gasteiger partial charge in [0.2, 0.25) is 0 Å². The van der Waals surface area contributed by atoms with Gasteiger partial charge in [0.25, 0.3) is 0 Å². The van der Waals surface area contributed by atoms with Crippen molar-refractivity contribution in [3.8, 4) is 44.5 Å². The van der Waals surface area contributed by atoms with Crippen molar-refractivity contribution < 1.29 is 11.0 Å². The van der Waals surface area contributed by atoms with Crippen LogP contribution in [0.15, 0.2) is 176 Å². The van der Waals surface area contributed by atoms with Crippen molar-refractivity contribution >= 4 is 27.8 Å². The summed E-state index contributed by atoms with van der Waals surface area (Å²) >= 11 is 0. The molecule has 10 rings (SSSR count). The van der Waals surface area contributed by atoms with Crippen LogP contribution in [0.25, 0.3) is 55.3 Å². The lowest BCUT2D eigenvalue weighted by Crippen LogP contribution is -2.16. The normalized spacial score (nSPS) is 16.5. The molecule has 0 spiro atoms. The molecule has 0 aliphatic heterocycles. The Morgan fingerprint density at radius 2 is 1.04 bits per heavy atom. The quantitative estimate of drug-likeness (QED) is 0.174. The number of fused-ring (bicyclic) bond motifs is 7. The highest BCUT2D eigenvalue weighted by molar-refractivity contribution is 5.98. The second-order valence-electron chi connectivity index (χ2n) is 15.1. The van der Waals surface area contributed by atoms with Crippen LogP contribution in [0.4, 0.5) is 17.1 Å². The Bertz CT molecular complexity index is 3170. The van der Waals surface area contributed by atoms with Crippen LogP contribution in [0.5, 0.6) is 0 Å². The van der Waals surface area contributed by atoms with E-state index in [1.165, 1.54) is 4.90 Å². The van der Waals surface area contributed by atoms with Crippen LogP contribution in [0, 0.1) is 0 Å². The molecule has 8 aromatic rings. The Balaban J connectivity index is 1.27. The van der Waals surface area contributed by atoms with Gasteiger partial charge in [-0.25, -0.2) is 0 Å². The van der Waals surface area contributed by atoms with Gasteiger partial charge in [-0.3, -0.25) is 0 Å². The average molecular weight is 688 g/mol. The van der Waals surface area contributed by atoms with Gasteiger partial charge in [0, 0.05) is 27.9 Å². The van der Waals surface area contributed by atoms with E-state index < -0.39 is 22.9 Å². The predicted molar refractivity (Wildman–Crippen MR) is 225 cm³/mol. The number of benzene rings is 8. The van der Waals surface area contributed by atoms with Crippen molar-refractivity contribution in [1.82, 2.24) is 0 Å². The summed E-state index contributed by atoms with van der Waals surface area (Å²) in [6, 6.07) is 38.6. The van der Waals surface area contributed by atoms with Crippen LogP contribution < -0.4 is 4.90 Å². The maximum atomic E-state index is 9.94. The first kappa shape index (κ1) is 24.1. The highest BCUT2D eigenvalue weighted by Gasteiger charge is 2.38. The lowest BCUT2D eigenvalue weighted by Gasteiger charge is -2.29. The minimum Gasteiger partial charge on any atom is -0.310 e. The molecule has 0 N–H and O–H groups in total. The smallest absolute Gasteiger partial charge is 0.0651 e. The number of nitrogens with zero attached hydrogens (tertiary/aromatic N) is 1. The van der Waals surface area contributed by atoms with Crippen LogP contribution in [-0.4, -0.2) is 0 Å². The first-order valence-corrected chi connectivity index (χ1v) is 18.1. The largest absolute Gasteiger partial charge is 0.310 e. The number of hydrogen-bond acceptors (Lipinski definition) is 1. The van der Waals surface area contributed by atoms with Crippen molar-refractivity contribution in [3.63, 3.8) is 0 Å². The molecule has 1 heteroatoms. The third-order valence-electron chi connectivity index (χ3n) is 11.4. The summed E-state index contributed by atoms with van der Waals surface area (Å²) in [6.45, 7) is 8.51. The molecule has 2 aliphatic rings. The SMILES string of the molecule is [2H]c1c([2H])c(-c2cccc3ccccc23)c([2H])c(N(c2ccc3c(c2)C(C)(C)c2ccccc2-3)c2c([2H])c([2H])c(-c3cccc4c3C(C)(C)c3ccccc3-4)c([2H])c2[2H])c1[2H]. The van der Waals surface area contributed by atoms with Gasteiger partial charge in [0.15, 0.2) is 0 Å². The van der Waals surface area contributed by atoms with Crippen molar-refractivity contribution in [1.29, 1.82) is 0 Å². The fraction of sp³-hybridized carbons (Fsp3) is 0.115. The molecule has 0 heterocycles. The Kier molecular flexibility index (Phi) is 5.31. The van der Waals surface area contributed by atoms with Gasteiger partial charge < -0.3 is 4.90 Å². The zero-order chi connectivity index (χ0) is 42.9. The maximum Gasteiger partial charge on any atom is 0.0651 e. The molecule has 254 valence electrons. The molecule has 2 aliphatic carbocycles. The number of rotatable bonds is 5. The first-order chi connectivity index (χ1) is 29.2. The molecule has 0 aromatic heterocycles. The zero-order valence-corrected chi connectivity index (χ0v) is 30.1. The van der Waals surface area contributed by atoms with Crippen molar-refractivity contribution in [2.75, 3.05) is 4.90 Å². The lowest BCUT2D eigenvalue weighted by atomic mass is 9.79. The fourth-order valence-corrected chi connectivity index (χ4v) is 8.83. The average Bonchev–Trinajstić information content (AvgIpc) is 3.64. The van der Waals surface area contributed by atoms with Gasteiger partial charge in [-0.1, -0.05) is 167 Å². The van der Waals surface area contributed by atoms with Crippen LogP contribution in [0.2, 0.25) is 0 Å². The highest BCUT2D eigenvalue weighted by Crippen LogP contribution is 2.53. The number of hydrogen-bond donors (Lipinski definition) is 0. The summed E-state index contributed by atoms with van der Waals surface area (Å²) in [5.41, 5.74) is 8.95. The van der Waals surface area contributed by atoms with Gasteiger partial charge in [0.05, 0.1) is 11.0 Å². The van der Waals surface area contributed by atoms with Gasteiger partial charge >= 0.3 is 0 Å². The molecule has 53 heavy (non-hydrogen) atoms. The van der Waals surface area contributed by atoms with Crippen LogP contribution in [-0.2, 0) is 10.8 Å². The summed E-state index contributed by atoms with van der Waals surface area (Å²) in [5, 5.41) is 1.65. The van der Waals surface area contributed by atoms with E-state index in [0.717, 1.165) is 55.3 Å². The minimum absolute atomic E-state index is 0.108. The van der Waals surface area contributed by atoms with Gasteiger partial charge in [0.1, 0.15) is 0 Å².